The summed E-state index contributed by atoms with van der Waals surface area (Å²) in [5, 5.41) is 6.49. The van der Waals surface area contributed by atoms with Crippen LogP contribution in [-0.4, -0.2) is 44.4 Å². The fraction of sp³-hybridized carbons (Fsp3) is 0.542. The number of benzene rings is 1. The molecule has 1 aliphatic heterocycles. The number of likely N-dealkylation sites (tertiary alicyclic amines) is 1. The van der Waals surface area contributed by atoms with Crippen LogP contribution in [0.25, 0.3) is 21.8 Å². The summed E-state index contributed by atoms with van der Waals surface area (Å²) in [5.41, 5.74) is 3.26. The summed E-state index contributed by atoms with van der Waals surface area (Å²) >= 11 is 0. The Balaban J connectivity index is 1.72. The molecule has 0 spiro atoms. The molecule has 1 amide bonds. The lowest BCUT2D eigenvalue weighted by Gasteiger charge is -2.33. The molecule has 6 nitrogen and oxygen atoms in total. The molecule has 1 aromatic carbocycles. The van der Waals surface area contributed by atoms with Gasteiger partial charge >= 0.3 is 6.09 Å². The quantitative estimate of drug-likeness (QED) is 0.545. The van der Waals surface area contributed by atoms with Crippen LogP contribution in [0.5, 0.6) is 0 Å². The Hall–Kier alpha value is -2.70. The van der Waals surface area contributed by atoms with E-state index >= 15 is 4.39 Å². The minimum Gasteiger partial charge on any atom is -0.444 e. The number of ether oxygens (including phenoxy) is 1. The Morgan fingerprint density at radius 2 is 1.90 bits per heavy atom. The Labute approximate surface area is 182 Å². The first-order chi connectivity index (χ1) is 14.6. The number of aryl methyl sites for hydroxylation is 2. The van der Waals surface area contributed by atoms with Crippen LogP contribution in [0.2, 0.25) is 0 Å². The third-order valence-corrected chi connectivity index (χ3v) is 6.15. The van der Waals surface area contributed by atoms with E-state index in [-0.39, 0.29) is 18.0 Å². The molecule has 3 heterocycles. The Kier molecular flexibility index (Phi) is 5.40. The van der Waals surface area contributed by atoms with Gasteiger partial charge in [0.2, 0.25) is 0 Å². The lowest BCUT2D eigenvalue weighted by atomic mass is 10.0. The van der Waals surface area contributed by atoms with Crippen LogP contribution in [-0.2, 0) is 11.2 Å². The zero-order valence-corrected chi connectivity index (χ0v) is 19.3. The number of aromatic nitrogens is 3. The smallest absolute Gasteiger partial charge is 0.410 e. The minimum absolute atomic E-state index is 0.135. The van der Waals surface area contributed by atoms with E-state index in [2.05, 4.69) is 4.98 Å². The molecule has 1 aliphatic rings. The maximum absolute atomic E-state index is 15.1. The average molecular weight is 427 g/mol. The molecule has 0 unspecified atom stereocenters. The van der Waals surface area contributed by atoms with Gasteiger partial charge in [-0.3, -0.25) is 4.68 Å². The van der Waals surface area contributed by atoms with Gasteiger partial charge in [0, 0.05) is 23.9 Å². The van der Waals surface area contributed by atoms with E-state index in [0.29, 0.717) is 30.6 Å². The molecule has 3 aromatic rings. The van der Waals surface area contributed by atoms with E-state index in [1.54, 1.807) is 11.8 Å². The molecule has 4 rings (SSSR count). The number of halogens is 1. The highest BCUT2D eigenvalue weighted by atomic mass is 19.1. The van der Waals surface area contributed by atoms with Gasteiger partial charge in [-0.1, -0.05) is 6.92 Å². The molecular weight excluding hydrogens is 395 g/mol. The van der Waals surface area contributed by atoms with Crippen LogP contribution >= 0.6 is 0 Å². The van der Waals surface area contributed by atoms with Crippen molar-refractivity contribution in [2.75, 3.05) is 13.1 Å². The van der Waals surface area contributed by atoms with E-state index in [1.165, 1.54) is 0 Å². The lowest BCUT2D eigenvalue weighted by Crippen LogP contribution is -2.42. The van der Waals surface area contributed by atoms with Crippen LogP contribution in [0.15, 0.2) is 12.3 Å². The van der Waals surface area contributed by atoms with Gasteiger partial charge in [-0.25, -0.2) is 14.2 Å². The minimum atomic E-state index is -0.505. The largest absolute Gasteiger partial charge is 0.444 e. The first-order valence-corrected chi connectivity index (χ1v) is 11.0. The predicted octanol–water partition coefficient (Wildman–Crippen LogP) is 5.47. The zero-order valence-electron chi connectivity index (χ0n) is 19.3. The highest BCUT2D eigenvalue weighted by Crippen LogP contribution is 2.34. The van der Waals surface area contributed by atoms with Crippen molar-refractivity contribution in [1.29, 1.82) is 0 Å². The first kappa shape index (κ1) is 21.5. The van der Waals surface area contributed by atoms with Crippen LogP contribution in [0.3, 0.4) is 0 Å². The van der Waals surface area contributed by atoms with Crippen molar-refractivity contribution in [3.63, 3.8) is 0 Å². The summed E-state index contributed by atoms with van der Waals surface area (Å²) in [4.78, 5) is 18.8. The van der Waals surface area contributed by atoms with E-state index < -0.39 is 5.60 Å². The number of pyridine rings is 1. The van der Waals surface area contributed by atoms with Crippen molar-refractivity contribution in [3.8, 4) is 0 Å². The van der Waals surface area contributed by atoms with Gasteiger partial charge < -0.3 is 9.64 Å². The summed E-state index contributed by atoms with van der Waals surface area (Å²) in [6, 6.07) is 2.16. The van der Waals surface area contributed by atoms with Crippen molar-refractivity contribution in [2.24, 2.45) is 0 Å². The zero-order chi connectivity index (χ0) is 22.5. The van der Waals surface area contributed by atoms with Gasteiger partial charge in [-0.05, 0) is 71.1 Å². The third kappa shape index (κ3) is 3.86. The molecule has 1 fully saturated rings. The van der Waals surface area contributed by atoms with Crippen molar-refractivity contribution < 1.29 is 13.9 Å². The Bertz CT molecular complexity index is 1150. The topological polar surface area (TPSA) is 60.2 Å². The SMILES string of the molecule is CCc1nc2c(F)c(C)c(C)cc2c2c1cnn2C1CCN(C(=O)OC(C)(C)C)CC1. The lowest BCUT2D eigenvalue weighted by molar-refractivity contribution is 0.0186. The van der Waals surface area contributed by atoms with Crippen molar-refractivity contribution in [3.05, 3.63) is 34.9 Å². The maximum atomic E-state index is 15.1. The second-order valence-corrected chi connectivity index (χ2v) is 9.49. The summed E-state index contributed by atoms with van der Waals surface area (Å²) in [7, 11) is 0. The van der Waals surface area contributed by atoms with Gasteiger partial charge in [0.1, 0.15) is 11.1 Å². The van der Waals surface area contributed by atoms with Gasteiger partial charge in [0.05, 0.1) is 23.4 Å². The van der Waals surface area contributed by atoms with Crippen LogP contribution in [0.4, 0.5) is 9.18 Å². The van der Waals surface area contributed by atoms with Gasteiger partial charge in [0.15, 0.2) is 5.82 Å². The second kappa shape index (κ2) is 7.77. The van der Waals surface area contributed by atoms with Gasteiger partial charge in [-0.15, -0.1) is 0 Å². The standard InChI is InChI=1S/C24H31FN4O2/c1-7-19-18-13-26-29(16-8-10-28(11-9-16)23(30)31-24(4,5)6)22(18)17-12-14(2)15(3)20(25)21(17)27-19/h12-13,16H,7-11H2,1-6H3. The second-order valence-electron chi connectivity index (χ2n) is 9.49. The number of hydrogen-bond acceptors (Lipinski definition) is 4. The number of hydrogen-bond donors (Lipinski definition) is 0. The Morgan fingerprint density at radius 3 is 2.52 bits per heavy atom. The third-order valence-electron chi connectivity index (χ3n) is 6.15. The fourth-order valence-corrected chi connectivity index (χ4v) is 4.35. The number of nitrogens with zero attached hydrogens (tertiary/aromatic N) is 4. The van der Waals surface area contributed by atoms with Crippen molar-refractivity contribution in [1.82, 2.24) is 19.7 Å². The normalized spacial score (nSPS) is 15.8. The monoisotopic (exact) mass is 426 g/mol. The molecule has 0 atom stereocenters. The summed E-state index contributed by atoms with van der Waals surface area (Å²) in [6.07, 6.45) is 3.84. The van der Waals surface area contributed by atoms with E-state index in [0.717, 1.165) is 40.4 Å². The molecule has 0 bridgehead atoms. The number of carbonyl (C=O) groups excluding carboxylic acids is 1. The molecule has 7 heteroatoms. The number of rotatable bonds is 2. The highest BCUT2D eigenvalue weighted by molar-refractivity contribution is 6.05. The van der Waals surface area contributed by atoms with E-state index in [9.17, 15) is 4.79 Å². The number of amides is 1. The molecule has 2 aromatic heterocycles. The van der Waals surface area contributed by atoms with Crippen molar-refractivity contribution in [2.45, 2.75) is 72.4 Å². The van der Waals surface area contributed by atoms with E-state index in [1.807, 2.05) is 51.6 Å². The van der Waals surface area contributed by atoms with Crippen LogP contribution in [0, 0.1) is 19.7 Å². The highest BCUT2D eigenvalue weighted by Gasteiger charge is 2.29. The first-order valence-electron chi connectivity index (χ1n) is 11.0. The molecule has 0 N–H and O–H groups in total. The number of piperidine rings is 1. The maximum Gasteiger partial charge on any atom is 0.410 e. The molecule has 0 aliphatic carbocycles. The molecule has 1 saturated heterocycles. The van der Waals surface area contributed by atoms with Crippen LogP contribution in [0.1, 0.15) is 63.4 Å². The number of carbonyl (C=O) groups is 1. The average Bonchev–Trinajstić information content (AvgIpc) is 3.16. The fourth-order valence-electron chi connectivity index (χ4n) is 4.35. The molecule has 31 heavy (non-hydrogen) atoms. The van der Waals surface area contributed by atoms with E-state index in [4.69, 9.17) is 9.84 Å². The number of fused-ring (bicyclic) bond motifs is 3. The summed E-state index contributed by atoms with van der Waals surface area (Å²) in [5.74, 6) is -0.251. The van der Waals surface area contributed by atoms with Crippen molar-refractivity contribution >= 4 is 27.9 Å². The summed E-state index contributed by atoms with van der Waals surface area (Å²) in [6.45, 7) is 12.6. The van der Waals surface area contributed by atoms with Crippen LogP contribution < -0.4 is 0 Å². The van der Waals surface area contributed by atoms with Gasteiger partial charge in [0.25, 0.3) is 0 Å². The molecular formula is C24H31FN4O2. The molecule has 166 valence electrons. The predicted molar refractivity (Wildman–Crippen MR) is 120 cm³/mol. The Morgan fingerprint density at radius 1 is 1.23 bits per heavy atom. The summed E-state index contributed by atoms with van der Waals surface area (Å²) < 4.78 is 22.6. The molecule has 0 radical (unpaired) electrons. The molecule has 0 saturated carbocycles. The van der Waals surface area contributed by atoms with Gasteiger partial charge in [-0.2, -0.15) is 5.10 Å².